The van der Waals surface area contributed by atoms with Crippen molar-refractivity contribution in [1.82, 2.24) is 4.90 Å². The van der Waals surface area contributed by atoms with Crippen LogP contribution < -0.4 is 0 Å². The summed E-state index contributed by atoms with van der Waals surface area (Å²) in [4.78, 5) is 2.76. The van der Waals surface area contributed by atoms with Gasteiger partial charge in [-0.15, -0.1) is 0 Å². The second-order valence-electron chi connectivity index (χ2n) is 5.40. The van der Waals surface area contributed by atoms with Crippen LogP contribution in [0.2, 0.25) is 0 Å². The van der Waals surface area contributed by atoms with Crippen LogP contribution in [0.3, 0.4) is 0 Å². The van der Waals surface area contributed by atoms with Gasteiger partial charge in [0.15, 0.2) is 0 Å². The summed E-state index contributed by atoms with van der Waals surface area (Å²) in [6.07, 6.45) is 9.94. The summed E-state index contributed by atoms with van der Waals surface area (Å²) in [5.41, 5.74) is 4.18. The molecule has 1 fully saturated rings. The summed E-state index contributed by atoms with van der Waals surface area (Å²) in [6.45, 7) is 5.20. The first-order chi connectivity index (χ1) is 6.81. The van der Waals surface area contributed by atoms with Crippen LogP contribution in [0.15, 0.2) is 11.1 Å². The fourth-order valence-corrected chi connectivity index (χ4v) is 3.88. The Morgan fingerprint density at radius 2 is 1.93 bits per heavy atom. The molecule has 3 aliphatic rings. The lowest BCUT2D eigenvalue weighted by molar-refractivity contribution is 0.0805. The maximum Gasteiger partial charge on any atom is 0.0395 e. The molecule has 1 saturated heterocycles. The SMILES string of the molecule is C[C@@]12CCCCN1CCC1=C2CCC1. The molecular formula is C13H21N. The average molecular weight is 191 g/mol. The third-order valence-electron chi connectivity index (χ3n) is 4.71. The molecule has 0 radical (unpaired) electrons. The highest BCUT2D eigenvalue weighted by Gasteiger charge is 2.42. The number of hydrogen-bond donors (Lipinski definition) is 0. The van der Waals surface area contributed by atoms with Gasteiger partial charge in [0.25, 0.3) is 0 Å². The van der Waals surface area contributed by atoms with Crippen LogP contribution in [-0.4, -0.2) is 23.5 Å². The predicted octanol–water partition coefficient (Wildman–Crippen LogP) is 3.12. The molecule has 2 aliphatic heterocycles. The number of fused-ring (bicyclic) bond motifs is 2. The number of hydrogen-bond acceptors (Lipinski definition) is 1. The van der Waals surface area contributed by atoms with E-state index in [0.717, 1.165) is 0 Å². The molecule has 0 aromatic rings. The fourth-order valence-electron chi connectivity index (χ4n) is 3.88. The summed E-state index contributed by atoms with van der Waals surface area (Å²) in [7, 11) is 0. The van der Waals surface area contributed by atoms with Crippen molar-refractivity contribution in [2.24, 2.45) is 0 Å². The van der Waals surface area contributed by atoms with Crippen LogP contribution in [0.5, 0.6) is 0 Å². The van der Waals surface area contributed by atoms with Gasteiger partial charge < -0.3 is 0 Å². The van der Waals surface area contributed by atoms with Gasteiger partial charge >= 0.3 is 0 Å². The third-order valence-corrected chi connectivity index (χ3v) is 4.71. The third kappa shape index (κ3) is 1.11. The molecule has 1 aliphatic carbocycles. The molecule has 0 saturated carbocycles. The molecule has 1 nitrogen and oxygen atoms in total. The van der Waals surface area contributed by atoms with Crippen molar-refractivity contribution in [1.29, 1.82) is 0 Å². The molecule has 1 atom stereocenters. The number of nitrogens with zero attached hydrogens (tertiary/aromatic N) is 1. The van der Waals surface area contributed by atoms with Crippen LogP contribution in [-0.2, 0) is 0 Å². The normalized spacial score (nSPS) is 38.4. The summed E-state index contributed by atoms with van der Waals surface area (Å²) >= 11 is 0. The maximum absolute atomic E-state index is 2.76. The summed E-state index contributed by atoms with van der Waals surface area (Å²) in [5, 5.41) is 0. The summed E-state index contributed by atoms with van der Waals surface area (Å²) in [6, 6.07) is 0. The smallest absolute Gasteiger partial charge is 0.0395 e. The van der Waals surface area contributed by atoms with E-state index in [4.69, 9.17) is 0 Å². The van der Waals surface area contributed by atoms with E-state index in [1.165, 1.54) is 58.0 Å². The molecule has 2 heterocycles. The van der Waals surface area contributed by atoms with Gasteiger partial charge in [0, 0.05) is 12.1 Å². The second-order valence-corrected chi connectivity index (χ2v) is 5.40. The van der Waals surface area contributed by atoms with Gasteiger partial charge in [0.05, 0.1) is 0 Å². The Bertz CT molecular complexity index is 279. The molecule has 3 rings (SSSR count). The molecule has 0 unspecified atom stereocenters. The second kappa shape index (κ2) is 3.10. The molecule has 0 amide bonds. The molecule has 0 aromatic heterocycles. The van der Waals surface area contributed by atoms with Gasteiger partial charge in [-0.25, -0.2) is 0 Å². The fraction of sp³-hybridized carbons (Fsp3) is 0.846. The standard InChI is InChI=1S/C13H21N/c1-13-8-2-3-9-14(13)10-7-11-5-4-6-12(11)13/h2-10H2,1H3/t13-/m0/s1. The van der Waals surface area contributed by atoms with Gasteiger partial charge in [-0.1, -0.05) is 17.6 Å². The van der Waals surface area contributed by atoms with Crippen molar-refractivity contribution >= 4 is 0 Å². The Balaban J connectivity index is 1.98. The van der Waals surface area contributed by atoms with Crippen molar-refractivity contribution in [3.05, 3.63) is 11.1 Å². The molecule has 14 heavy (non-hydrogen) atoms. The summed E-state index contributed by atoms with van der Waals surface area (Å²) < 4.78 is 0. The average Bonchev–Trinajstić information content (AvgIpc) is 2.66. The van der Waals surface area contributed by atoms with Crippen LogP contribution in [0, 0.1) is 0 Å². The first-order valence-corrected chi connectivity index (χ1v) is 6.27. The Hall–Kier alpha value is -0.300. The van der Waals surface area contributed by atoms with Gasteiger partial charge in [-0.2, -0.15) is 0 Å². The highest BCUT2D eigenvalue weighted by Crippen LogP contribution is 2.46. The largest absolute Gasteiger partial charge is 0.294 e. The Morgan fingerprint density at radius 3 is 2.86 bits per heavy atom. The zero-order valence-corrected chi connectivity index (χ0v) is 9.31. The van der Waals surface area contributed by atoms with E-state index in [0.29, 0.717) is 5.54 Å². The minimum Gasteiger partial charge on any atom is -0.294 e. The van der Waals surface area contributed by atoms with Crippen LogP contribution in [0.25, 0.3) is 0 Å². The first kappa shape index (κ1) is 8.96. The van der Waals surface area contributed by atoms with Gasteiger partial charge in [-0.05, 0) is 52.0 Å². The molecule has 0 aromatic carbocycles. The first-order valence-electron chi connectivity index (χ1n) is 6.27. The van der Waals surface area contributed by atoms with E-state index >= 15 is 0 Å². The quantitative estimate of drug-likeness (QED) is 0.532. The maximum atomic E-state index is 2.76. The predicted molar refractivity (Wildman–Crippen MR) is 59.3 cm³/mol. The molecular weight excluding hydrogens is 170 g/mol. The van der Waals surface area contributed by atoms with Crippen LogP contribution in [0.1, 0.15) is 51.9 Å². The van der Waals surface area contributed by atoms with Crippen molar-refractivity contribution in [3.8, 4) is 0 Å². The zero-order valence-electron chi connectivity index (χ0n) is 9.31. The van der Waals surface area contributed by atoms with Crippen LogP contribution in [0.4, 0.5) is 0 Å². The van der Waals surface area contributed by atoms with E-state index in [9.17, 15) is 0 Å². The topological polar surface area (TPSA) is 3.24 Å². The van der Waals surface area contributed by atoms with Gasteiger partial charge in [0.2, 0.25) is 0 Å². The highest BCUT2D eigenvalue weighted by molar-refractivity contribution is 5.33. The molecule has 1 heteroatoms. The Labute approximate surface area is 87.2 Å². The lowest BCUT2D eigenvalue weighted by atomic mass is 9.77. The number of piperidine rings is 1. The van der Waals surface area contributed by atoms with Crippen molar-refractivity contribution in [2.75, 3.05) is 13.1 Å². The number of rotatable bonds is 0. The van der Waals surface area contributed by atoms with E-state index in [1.54, 1.807) is 0 Å². The molecule has 0 spiro atoms. The van der Waals surface area contributed by atoms with Gasteiger partial charge in [0.1, 0.15) is 0 Å². The lowest BCUT2D eigenvalue weighted by Gasteiger charge is -2.49. The molecule has 78 valence electrons. The Kier molecular flexibility index (Phi) is 1.98. The lowest BCUT2D eigenvalue weighted by Crippen LogP contribution is -2.53. The zero-order chi connectivity index (χ0) is 9.60. The van der Waals surface area contributed by atoms with E-state index in [-0.39, 0.29) is 0 Å². The molecule has 0 N–H and O–H groups in total. The van der Waals surface area contributed by atoms with E-state index in [2.05, 4.69) is 11.8 Å². The monoisotopic (exact) mass is 191 g/mol. The Morgan fingerprint density at radius 1 is 1.00 bits per heavy atom. The van der Waals surface area contributed by atoms with Crippen molar-refractivity contribution < 1.29 is 0 Å². The molecule has 0 bridgehead atoms. The minimum atomic E-state index is 0.488. The van der Waals surface area contributed by atoms with E-state index in [1.807, 2.05) is 11.1 Å². The highest BCUT2D eigenvalue weighted by atomic mass is 15.2. The van der Waals surface area contributed by atoms with Crippen molar-refractivity contribution in [2.45, 2.75) is 57.4 Å². The van der Waals surface area contributed by atoms with E-state index < -0.39 is 0 Å². The van der Waals surface area contributed by atoms with Crippen LogP contribution >= 0.6 is 0 Å². The summed E-state index contributed by atoms with van der Waals surface area (Å²) in [5.74, 6) is 0. The minimum absolute atomic E-state index is 0.488. The van der Waals surface area contributed by atoms with Gasteiger partial charge in [-0.3, -0.25) is 4.90 Å². The van der Waals surface area contributed by atoms with Crippen molar-refractivity contribution in [3.63, 3.8) is 0 Å².